The molecule has 1 unspecified atom stereocenters. The number of aliphatic imine (C=N–C) groups is 1. The Labute approximate surface area is 192 Å². The van der Waals surface area contributed by atoms with Crippen molar-refractivity contribution in [3.63, 3.8) is 0 Å². The molecule has 164 valence electrons. The number of carbonyl (C=O) groups excluding carboxylic acids is 1. The maximum atomic E-state index is 13.6. The van der Waals surface area contributed by atoms with Crippen molar-refractivity contribution >= 4 is 35.8 Å². The number of rotatable bonds is 9. The molecule has 1 amide bonds. The summed E-state index contributed by atoms with van der Waals surface area (Å²) in [5.41, 5.74) is 0.622. The zero-order valence-electron chi connectivity index (χ0n) is 17.0. The van der Waals surface area contributed by atoms with E-state index in [9.17, 15) is 13.6 Å². The molecule has 0 saturated carbocycles. The highest BCUT2D eigenvalue weighted by Gasteiger charge is 2.09. The summed E-state index contributed by atoms with van der Waals surface area (Å²) < 4.78 is 32.3. The number of guanidine groups is 1. The first-order valence-corrected chi connectivity index (χ1v) is 9.34. The van der Waals surface area contributed by atoms with Gasteiger partial charge in [0.05, 0.1) is 13.0 Å². The van der Waals surface area contributed by atoms with Crippen LogP contribution in [-0.2, 0) is 11.2 Å². The normalized spacial score (nSPS) is 11.8. The Balaban J connectivity index is 0.00000450. The molecule has 0 fully saturated rings. The van der Waals surface area contributed by atoms with E-state index < -0.39 is 5.82 Å². The molecule has 0 saturated heterocycles. The Bertz CT molecular complexity index is 836. The number of ether oxygens (including phenoxy) is 1. The zero-order valence-corrected chi connectivity index (χ0v) is 19.3. The van der Waals surface area contributed by atoms with Gasteiger partial charge >= 0.3 is 0 Å². The largest absolute Gasteiger partial charge is 0.486 e. The fourth-order valence-corrected chi connectivity index (χ4v) is 2.54. The molecule has 0 bridgehead atoms. The van der Waals surface area contributed by atoms with Crippen LogP contribution in [0.5, 0.6) is 5.75 Å². The second kappa shape index (κ2) is 13.7. The molecule has 9 heteroatoms. The monoisotopic (exact) mass is 532 g/mol. The predicted octanol–water partition coefficient (Wildman–Crippen LogP) is 2.87. The van der Waals surface area contributed by atoms with Gasteiger partial charge in [-0.15, -0.1) is 24.0 Å². The number of hydrogen-bond donors (Lipinski definition) is 3. The van der Waals surface area contributed by atoms with Crippen molar-refractivity contribution in [1.29, 1.82) is 0 Å². The number of benzene rings is 2. The molecule has 1 atom stereocenters. The summed E-state index contributed by atoms with van der Waals surface area (Å²) in [5, 5.41) is 8.90. The summed E-state index contributed by atoms with van der Waals surface area (Å²) in [7, 11) is 1.63. The Morgan fingerprint density at radius 2 is 1.80 bits per heavy atom. The lowest BCUT2D eigenvalue weighted by Gasteiger charge is -2.18. The molecule has 0 aliphatic carbocycles. The van der Waals surface area contributed by atoms with E-state index in [1.807, 2.05) is 6.92 Å². The van der Waals surface area contributed by atoms with Gasteiger partial charge in [-0.2, -0.15) is 0 Å². The van der Waals surface area contributed by atoms with Crippen molar-refractivity contribution in [2.45, 2.75) is 19.4 Å². The number of amides is 1. The number of nitrogens with zero attached hydrogens (tertiary/aromatic N) is 1. The van der Waals surface area contributed by atoms with Crippen LogP contribution in [0.15, 0.2) is 53.5 Å². The molecule has 30 heavy (non-hydrogen) atoms. The lowest BCUT2D eigenvalue weighted by Crippen LogP contribution is -2.44. The first kappa shape index (κ1) is 25.6. The summed E-state index contributed by atoms with van der Waals surface area (Å²) in [6.45, 7) is 3.08. The van der Waals surface area contributed by atoms with E-state index >= 15 is 0 Å². The third-order valence-electron chi connectivity index (χ3n) is 3.94. The standard InChI is InChI=1S/C21H26F2N4O2.HI/c1-15(29-19-9-4-3-8-18(19)23)14-27-21(24-2)26-11-10-25-20(28)13-16-6-5-7-17(22)12-16;/h3-9,12,15H,10-11,13-14H2,1-2H3,(H,25,28)(H2,24,26,27);1H. The van der Waals surface area contributed by atoms with Crippen LogP contribution in [-0.4, -0.2) is 44.7 Å². The summed E-state index contributed by atoms with van der Waals surface area (Å²) in [4.78, 5) is 16.0. The summed E-state index contributed by atoms with van der Waals surface area (Å²) in [6, 6.07) is 12.2. The van der Waals surface area contributed by atoms with E-state index in [1.165, 1.54) is 18.2 Å². The highest BCUT2D eigenvalue weighted by atomic mass is 127. The van der Waals surface area contributed by atoms with Crippen LogP contribution in [0.4, 0.5) is 8.78 Å². The molecular weight excluding hydrogens is 505 g/mol. The third kappa shape index (κ3) is 9.38. The lowest BCUT2D eigenvalue weighted by atomic mass is 10.1. The van der Waals surface area contributed by atoms with Crippen molar-refractivity contribution in [2.24, 2.45) is 4.99 Å². The topological polar surface area (TPSA) is 74.8 Å². The zero-order chi connectivity index (χ0) is 21.1. The average Bonchev–Trinajstić information content (AvgIpc) is 2.69. The minimum Gasteiger partial charge on any atom is -0.486 e. The van der Waals surface area contributed by atoms with Gasteiger partial charge in [0.1, 0.15) is 11.9 Å². The SMILES string of the molecule is CN=C(NCCNC(=O)Cc1cccc(F)c1)NCC(C)Oc1ccccc1F.I. The molecule has 0 spiro atoms. The van der Waals surface area contributed by atoms with Crippen LogP contribution < -0.4 is 20.7 Å². The maximum absolute atomic E-state index is 13.6. The Morgan fingerprint density at radius 1 is 1.07 bits per heavy atom. The Hall–Kier alpha value is -2.43. The van der Waals surface area contributed by atoms with E-state index in [-0.39, 0.29) is 54.0 Å². The maximum Gasteiger partial charge on any atom is 0.224 e. The Morgan fingerprint density at radius 3 is 2.50 bits per heavy atom. The van der Waals surface area contributed by atoms with Gasteiger partial charge in [0.2, 0.25) is 5.91 Å². The van der Waals surface area contributed by atoms with Crippen LogP contribution >= 0.6 is 24.0 Å². The molecular formula is C21H27F2IN4O2. The molecule has 0 aromatic heterocycles. The van der Waals surface area contributed by atoms with Crippen LogP contribution in [0.25, 0.3) is 0 Å². The first-order chi connectivity index (χ1) is 14.0. The van der Waals surface area contributed by atoms with E-state index in [4.69, 9.17) is 4.74 Å². The van der Waals surface area contributed by atoms with Gasteiger partial charge in [-0.1, -0.05) is 24.3 Å². The summed E-state index contributed by atoms with van der Waals surface area (Å²) in [6.07, 6.45) is -0.160. The van der Waals surface area contributed by atoms with Crippen molar-refractivity contribution in [2.75, 3.05) is 26.7 Å². The smallest absolute Gasteiger partial charge is 0.224 e. The van der Waals surface area contributed by atoms with Crippen molar-refractivity contribution in [3.8, 4) is 5.75 Å². The summed E-state index contributed by atoms with van der Waals surface area (Å²) >= 11 is 0. The minimum absolute atomic E-state index is 0. The molecule has 0 aliphatic heterocycles. The molecule has 3 N–H and O–H groups in total. The van der Waals surface area contributed by atoms with Gasteiger partial charge in [-0.05, 0) is 36.8 Å². The number of para-hydroxylation sites is 1. The molecule has 0 aliphatic rings. The molecule has 2 rings (SSSR count). The molecule has 2 aromatic carbocycles. The summed E-state index contributed by atoms with van der Waals surface area (Å²) in [5.74, 6) is -0.220. The number of carbonyl (C=O) groups is 1. The van der Waals surface area contributed by atoms with Gasteiger partial charge in [-0.25, -0.2) is 8.78 Å². The molecule has 0 heterocycles. The predicted molar refractivity (Wildman–Crippen MR) is 124 cm³/mol. The highest BCUT2D eigenvalue weighted by molar-refractivity contribution is 14.0. The lowest BCUT2D eigenvalue weighted by molar-refractivity contribution is -0.120. The second-order valence-electron chi connectivity index (χ2n) is 6.40. The van der Waals surface area contributed by atoms with E-state index in [1.54, 1.807) is 37.4 Å². The second-order valence-corrected chi connectivity index (χ2v) is 6.40. The molecule has 6 nitrogen and oxygen atoms in total. The van der Waals surface area contributed by atoms with Crippen LogP contribution in [0.1, 0.15) is 12.5 Å². The third-order valence-corrected chi connectivity index (χ3v) is 3.94. The van der Waals surface area contributed by atoms with Crippen LogP contribution in [0, 0.1) is 11.6 Å². The number of hydrogen-bond acceptors (Lipinski definition) is 3. The highest BCUT2D eigenvalue weighted by Crippen LogP contribution is 2.16. The van der Waals surface area contributed by atoms with Gasteiger partial charge in [0.15, 0.2) is 17.5 Å². The quantitative estimate of drug-likeness (QED) is 0.201. The molecule has 0 radical (unpaired) electrons. The van der Waals surface area contributed by atoms with Crippen LogP contribution in [0.3, 0.4) is 0 Å². The van der Waals surface area contributed by atoms with E-state index in [0.29, 0.717) is 31.2 Å². The van der Waals surface area contributed by atoms with E-state index in [0.717, 1.165) is 0 Å². The van der Waals surface area contributed by atoms with Gasteiger partial charge < -0.3 is 20.7 Å². The number of halogens is 3. The first-order valence-electron chi connectivity index (χ1n) is 9.34. The fraction of sp³-hybridized carbons (Fsp3) is 0.333. The van der Waals surface area contributed by atoms with Crippen molar-refractivity contribution < 1.29 is 18.3 Å². The van der Waals surface area contributed by atoms with Gasteiger partial charge in [-0.3, -0.25) is 9.79 Å². The van der Waals surface area contributed by atoms with Crippen LogP contribution in [0.2, 0.25) is 0 Å². The molecule has 2 aromatic rings. The number of nitrogens with one attached hydrogen (secondary N) is 3. The van der Waals surface area contributed by atoms with Crippen molar-refractivity contribution in [1.82, 2.24) is 16.0 Å². The Kier molecular flexibility index (Phi) is 11.7. The van der Waals surface area contributed by atoms with Gasteiger partial charge in [0.25, 0.3) is 0 Å². The fourth-order valence-electron chi connectivity index (χ4n) is 2.54. The van der Waals surface area contributed by atoms with E-state index in [2.05, 4.69) is 20.9 Å². The minimum atomic E-state index is -0.407. The van der Waals surface area contributed by atoms with Crippen molar-refractivity contribution in [3.05, 3.63) is 65.7 Å². The average molecular weight is 532 g/mol. The van der Waals surface area contributed by atoms with Gasteiger partial charge in [0, 0.05) is 20.1 Å².